The molecule has 166 valence electrons. The molecule has 1 amide bonds. The van der Waals surface area contributed by atoms with E-state index in [0.29, 0.717) is 0 Å². The molecule has 2 atom stereocenters. The van der Waals surface area contributed by atoms with Gasteiger partial charge in [-0.1, -0.05) is 0 Å². The van der Waals surface area contributed by atoms with E-state index < -0.39 is 14.4 Å². The van der Waals surface area contributed by atoms with Crippen molar-refractivity contribution in [1.29, 1.82) is 0 Å². The molecule has 4 nitrogen and oxygen atoms in total. The molecular formula is C24H37NO3SeSi. The van der Waals surface area contributed by atoms with Crippen molar-refractivity contribution < 1.29 is 13.6 Å². The van der Waals surface area contributed by atoms with Crippen molar-refractivity contribution in [3.8, 4) is 0 Å². The van der Waals surface area contributed by atoms with Gasteiger partial charge in [0.25, 0.3) is 0 Å². The molecule has 1 aromatic carbocycles. The quantitative estimate of drug-likeness (QED) is 0.506. The van der Waals surface area contributed by atoms with Crippen LogP contribution in [0.2, 0.25) is 23.5 Å². The summed E-state index contributed by atoms with van der Waals surface area (Å²) in [5, 5.41) is 3.97. The second kappa shape index (κ2) is 9.86. The Balaban J connectivity index is 2.39. The normalized spacial score (nSPS) is 14.9. The fraction of sp³-hybridized carbons (Fsp3) is 0.542. The summed E-state index contributed by atoms with van der Waals surface area (Å²) >= 11 is 0.156. The average Bonchev–Trinajstić information content (AvgIpc) is 3.13. The Hall–Kier alpha value is -1.33. The van der Waals surface area contributed by atoms with E-state index in [2.05, 4.69) is 63.4 Å². The van der Waals surface area contributed by atoms with Crippen LogP contribution in [0.3, 0.4) is 0 Å². The van der Waals surface area contributed by atoms with Crippen LogP contribution in [0.5, 0.6) is 0 Å². The zero-order valence-corrected chi connectivity index (χ0v) is 22.3. The predicted octanol–water partition coefficient (Wildman–Crippen LogP) is 5.32. The number of hydrogen-bond acceptors (Lipinski definition) is 3. The fourth-order valence-electron chi connectivity index (χ4n) is 2.75. The van der Waals surface area contributed by atoms with E-state index >= 15 is 0 Å². The number of hydrogen-bond donors (Lipinski definition) is 1. The maximum absolute atomic E-state index is 13.4. The van der Waals surface area contributed by atoms with Crippen molar-refractivity contribution in [2.45, 2.75) is 76.6 Å². The first-order chi connectivity index (χ1) is 13.8. The van der Waals surface area contributed by atoms with Gasteiger partial charge in [-0.25, -0.2) is 0 Å². The minimum absolute atomic E-state index is 0.0282. The molecule has 0 spiro atoms. The summed E-state index contributed by atoms with van der Waals surface area (Å²) in [5.74, 6) is 0.447. The number of nitrogens with one attached hydrogen (secondary N) is 1. The van der Waals surface area contributed by atoms with Gasteiger partial charge in [-0.3, -0.25) is 0 Å². The van der Waals surface area contributed by atoms with Crippen LogP contribution in [-0.4, -0.2) is 34.7 Å². The molecule has 30 heavy (non-hydrogen) atoms. The number of carbonyl (C=O) groups is 1. The molecule has 0 saturated carbocycles. The van der Waals surface area contributed by atoms with Crippen molar-refractivity contribution in [1.82, 2.24) is 5.32 Å². The maximum atomic E-state index is 13.4. The van der Waals surface area contributed by atoms with E-state index in [0.717, 1.165) is 11.1 Å². The van der Waals surface area contributed by atoms with Crippen LogP contribution >= 0.6 is 0 Å². The molecule has 0 unspecified atom stereocenters. The molecule has 0 fully saturated rings. The van der Waals surface area contributed by atoms with Gasteiger partial charge in [0.15, 0.2) is 0 Å². The monoisotopic (exact) mass is 495 g/mol. The Bertz CT molecular complexity index is 792. The molecule has 1 N–H and O–H groups in total. The van der Waals surface area contributed by atoms with Crippen LogP contribution in [0.25, 0.3) is 0 Å². The van der Waals surface area contributed by atoms with Gasteiger partial charge in [-0.05, 0) is 0 Å². The molecule has 2 rings (SSSR count). The van der Waals surface area contributed by atoms with E-state index in [1.54, 1.807) is 6.26 Å². The molecular weight excluding hydrogens is 457 g/mol. The van der Waals surface area contributed by atoms with Gasteiger partial charge in [0, 0.05) is 0 Å². The minimum atomic E-state index is -2.13. The van der Waals surface area contributed by atoms with E-state index in [1.165, 1.54) is 4.46 Å². The van der Waals surface area contributed by atoms with E-state index in [-0.39, 0.29) is 37.4 Å². The Labute approximate surface area is 189 Å². The molecule has 6 heteroatoms. The van der Waals surface area contributed by atoms with Crippen LogP contribution in [0.1, 0.15) is 53.4 Å². The zero-order valence-electron chi connectivity index (χ0n) is 19.6. The predicted molar refractivity (Wildman–Crippen MR) is 128 cm³/mol. The SMILES string of the molecule is CC(C)(C)NC(=O)[C@H](C[Se]c1ccccc1)[C@@H](O[Si](C)(C)C(C)(C)C)c1ccco1. The number of benzene rings is 1. The number of carbonyl (C=O) groups excluding carboxylic acids is 1. The molecule has 0 aliphatic heterocycles. The Morgan fingerprint density at radius 1 is 1.07 bits per heavy atom. The van der Waals surface area contributed by atoms with Crippen LogP contribution in [0, 0.1) is 5.92 Å². The first kappa shape index (κ1) is 24.9. The standard InChI is InChI=1S/C24H37NO3SeSi/c1-23(2,3)25-22(26)19(17-29-18-13-10-9-11-14-18)21(20-15-12-16-27-20)28-30(7,8)24(4,5)6/h9-16,19,21H,17H2,1-8H3,(H,25,26)/t19-,21-/m1/s1. The Kier molecular flexibility index (Phi) is 8.19. The summed E-state index contributed by atoms with van der Waals surface area (Å²) in [6.07, 6.45) is 1.27. The summed E-state index contributed by atoms with van der Waals surface area (Å²) in [4.78, 5) is 13.4. The van der Waals surface area contributed by atoms with Gasteiger partial charge in [0.2, 0.25) is 0 Å². The summed E-state index contributed by atoms with van der Waals surface area (Å²) < 4.78 is 13.9. The number of rotatable bonds is 8. The van der Waals surface area contributed by atoms with Crippen molar-refractivity contribution in [3.63, 3.8) is 0 Å². The molecule has 0 aliphatic carbocycles. The van der Waals surface area contributed by atoms with Gasteiger partial charge in [0.1, 0.15) is 0 Å². The van der Waals surface area contributed by atoms with Crippen LogP contribution in [0.15, 0.2) is 53.1 Å². The van der Waals surface area contributed by atoms with E-state index in [4.69, 9.17) is 8.84 Å². The molecule has 0 saturated heterocycles. The first-order valence-corrected chi connectivity index (χ1v) is 15.5. The Morgan fingerprint density at radius 3 is 2.20 bits per heavy atom. The van der Waals surface area contributed by atoms with Crippen LogP contribution < -0.4 is 9.78 Å². The fourth-order valence-corrected chi connectivity index (χ4v) is 6.22. The third-order valence-corrected chi connectivity index (χ3v) is 12.3. The van der Waals surface area contributed by atoms with Crippen molar-refractivity contribution in [2.75, 3.05) is 0 Å². The van der Waals surface area contributed by atoms with Crippen molar-refractivity contribution >= 4 is 33.6 Å². The Morgan fingerprint density at radius 2 is 1.70 bits per heavy atom. The van der Waals surface area contributed by atoms with Gasteiger partial charge in [-0.15, -0.1) is 0 Å². The van der Waals surface area contributed by atoms with E-state index in [9.17, 15) is 4.79 Å². The molecule has 1 aromatic heterocycles. The summed E-state index contributed by atoms with van der Waals surface area (Å²) in [6.45, 7) is 17.2. The van der Waals surface area contributed by atoms with Gasteiger partial charge >= 0.3 is 190 Å². The molecule has 0 radical (unpaired) electrons. The topological polar surface area (TPSA) is 51.5 Å². The zero-order chi connectivity index (χ0) is 22.6. The average molecular weight is 495 g/mol. The second-order valence-corrected chi connectivity index (χ2v) is 17.3. The molecule has 0 bridgehead atoms. The van der Waals surface area contributed by atoms with Gasteiger partial charge in [-0.2, -0.15) is 0 Å². The summed E-state index contributed by atoms with van der Waals surface area (Å²) in [6, 6.07) is 14.2. The first-order valence-electron chi connectivity index (χ1n) is 10.5. The summed E-state index contributed by atoms with van der Waals surface area (Å²) in [7, 11) is -2.13. The van der Waals surface area contributed by atoms with Crippen LogP contribution in [0.4, 0.5) is 0 Å². The molecule has 2 aromatic rings. The van der Waals surface area contributed by atoms with Gasteiger partial charge in [0.05, 0.1) is 0 Å². The van der Waals surface area contributed by atoms with Crippen molar-refractivity contribution in [2.24, 2.45) is 5.92 Å². The third kappa shape index (κ3) is 7.12. The second-order valence-electron chi connectivity index (χ2n) is 10.3. The number of furan rings is 1. The summed E-state index contributed by atoms with van der Waals surface area (Å²) in [5.41, 5.74) is -0.306. The van der Waals surface area contributed by atoms with Gasteiger partial charge < -0.3 is 0 Å². The van der Waals surface area contributed by atoms with Crippen molar-refractivity contribution in [3.05, 3.63) is 54.5 Å². The third-order valence-electron chi connectivity index (χ3n) is 5.42. The van der Waals surface area contributed by atoms with Crippen LogP contribution in [-0.2, 0) is 9.22 Å². The molecule has 0 aliphatic rings. The molecule has 1 heterocycles. The number of amides is 1. The van der Waals surface area contributed by atoms with E-state index in [1.807, 2.05) is 39.0 Å².